The van der Waals surface area contributed by atoms with E-state index in [1.165, 1.54) is 0 Å². The normalized spacial score (nSPS) is 24.2. The van der Waals surface area contributed by atoms with E-state index in [4.69, 9.17) is 0 Å². The van der Waals surface area contributed by atoms with Crippen LogP contribution in [0.15, 0.2) is 4.47 Å². The van der Waals surface area contributed by atoms with Gasteiger partial charge in [-0.05, 0) is 48.0 Å². The van der Waals surface area contributed by atoms with Crippen LogP contribution in [-0.4, -0.2) is 20.9 Å². The van der Waals surface area contributed by atoms with Crippen molar-refractivity contribution in [3.05, 3.63) is 15.9 Å². The van der Waals surface area contributed by atoms with Gasteiger partial charge in [0.25, 0.3) is 0 Å². The highest BCUT2D eigenvalue weighted by Gasteiger charge is 2.31. The summed E-state index contributed by atoms with van der Waals surface area (Å²) in [7, 11) is 1.93. The van der Waals surface area contributed by atoms with Crippen molar-refractivity contribution in [3.8, 4) is 0 Å². The molecule has 4 nitrogen and oxygen atoms in total. The average Bonchev–Trinajstić information content (AvgIpc) is 2.57. The first-order valence-corrected chi connectivity index (χ1v) is 7.70. The molecule has 0 aliphatic heterocycles. The lowest BCUT2D eigenvalue weighted by Gasteiger charge is -2.21. The van der Waals surface area contributed by atoms with E-state index in [0.717, 1.165) is 54.4 Å². The average molecular weight is 329 g/mol. The van der Waals surface area contributed by atoms with Gasteiger partial charge in [-0.2, -0.15) is 5.10 Å². The third-order valence-electron chi connectivity index (χ3n) is 4.19. The molecule has 2 unspecified atom stereocenters. The van der Waals surface area contributed by atoms with Gasteiger partial charge in [0.2, 0.25) is 0 Å². The Hall–Kier alpha value is -0.840. The van der Waals surface area contributed by atoms with Gasteiger partial charge in [-0.15, -0.1) is 0 Å². The van der Waals surface area contributed by atoms with Crippen LogP contribution in [0.4, 0.5) is 0 Å². The minimum atomic E-state index is -0.637. The fourth-order valence-corrected chi connectivity index (χ4v) is 3.60. The number of carboxylic acids is 1. The highest BCUT2D eigenvalue weighted by molar-refractivity contribution is 9.10. The fraction of sp³-hybridized carbons (Fsp3) is 0.714. The standard InChI is InChI=1S/C14H21BrN2O2/c1-9-13(15)12(17(2)16-9)8-10-6-4-3-5-7-11(10)14(18)19/h10-11H,3-8H2,1-2H3,(H,18,19). The van der Waals surface area contributed by atoms with Crippen LogP contribution >= 0.6 is 15.9 Å². The van der Waals surface area contributed by atoms with E-state index >= 15 is 0 Å². The molecule has 0 amide bonds. The molecule has 1 N–H and O–H groups in total. The van der Waals surface area contributed by atoms with Crippen molar-refractivity contribution in [2.45, 2.75) is 45.4 Å². The Morgan fingerprint density at radius 1 is 1.42 bits per heavy atom. The van der Waals surface area contributed by atoms with Gasteiger partial charge < -0.3 is 5.11 Å². The smallest absolute Gasteiger partial charge is 0.306 e. The van der Waals surface area contributed by atoms with Crippen LogP contribution in [0.25, 0.3) is 0 Å². The van der Waals surface area contributed by atoms with Crippen LogP contribution in [0.2, 0.25) is 0 Å². The van der Waals surface area contributed by atoms with E-state index in [0.29, 0.717) is 0 Å². The third-order valence-corrected chi connectivity index (χ3v) is 5.22. The summed E-state index contributed by atoms with van der Waals surface area (Å²) in [4.78, 5) is 11.4. The van der Waals surface area contributed by atoms with E-state index in [1.54, 1.807) is 0 Å². The van der Waals surface area contributed by atoms with Crippen LogP contribution in [0, 0.1) is 18.8 Å². The molecule has 0 radical (unpaired) electrons. The molecular formula is C14H21BrN2O2. The number of carbonyl (C=O) groups is 1. The van der Waals surface area contributed by atoms with E-state index in [-0.39, 0.29) is 11.8 Å². The third kappa shape index (κ3) is 3.19. The predicted molar refractivity (Wildman–Crippen MR) is 77.0 cm³/mol. The molecule has 0 spiro atoms. The summed E-state index contributed by atoms with van der Waals surface area (Å²) >= 11 is 3.57. The van der Waals surface area contributed by atoms with Crippen molar-refractivity contribution in [1.82, 2.24) is 9.78 Å². The summed E-state index contributed by atoms with van der Waals surface area (Å²) < 4.78 is 2.91. The van der Waals surface area contributed by atoms with Crippen molar-refractivity contribution in [1.29, 1.82) is 0 Å². The van der Waals surface area contributed by atoms with Gasteiger partial charge in [0.1, 0.15) is 0 Å². The summed E-state index contributed by atoms with van der Waals surface area (Å²) in [5, 5.41) is 13.8. The van der Waals surface area contributed by atoms with Crippen molar-refractivity contribution in [3.63, 3.8) is 0 Å². The maximum absolute atomic E-state index is 11.4. The van der Waals surface area contributed by atoms with Gasteiger partial charge in [-0.1, -0.05) is 19.3 Å². The molecule has 1 fully saturated rings. The predicted octanol–water partition coefficient (Wildman–Crippen LogP) is 3.31. The number of rotatable bonds is 3. The highest BCUT2D eigenvalue weighted by atomic mass is 79.9. The Bertz CT molecular complexity index is 470. The Balaban J connectivity index is 2.21. The number of aromatic nitrogens is 2. The van der Waals surface area contributed by atoms with E-state index in [9.17, 15) is 9.90 Å². The molecule has 1 aromatic rings. The van der Waals surface area contributed by atoms with Crippen LogP contribution in [0.1, 0.15) is 43.5 Å². The molecule has 106 valence electrons. The largest absolute Gasteiger partial charge is 0.481 e. The molecule has 0 bridgehead atoms. The van der Waals surface area contributed by atoms with Gasteiger partial charge in [-0.25, -0.2) is 0 Å². The molecule has 1 aliphatic rings. The lowest BCUT2D eigenvalue weighted by Crippen LogP contribution is -2.25. The van der Waals surface area contributed by atoms with Gasteiger partial charge in [0.15, 0.2) is 0 Å². The molecule has 5 heteroatoms. The summed E-state index contributed by atoms with van der Waals surface area (Å²) in [5.74, 6) is -0.613. The van der Waals surface area contributed by atoms with Gasteiger partial charge >= 0.3 is 5.97 Å². The molecule has 1 saturated carbocycles. The SMILES string of the molecule is Cc1nn(C)c(CC2CCCCCC2C(=O)O)c1Br. The second-order valence-electron chi connectivity index (χ2n) is 5.52. The number of nitrogens with zero attached hydrogens (tertiary/aromatic N) is 2. The maximum Gasteiger partial charge on any atom is 0.306 e. The quantitative estimate of drug-likeness (QED) is 0.866. The van der Waals surface area contributed by atoms with Crippen LogP contribution in [-0.2, 0) is 18.3 Å². The van der Waals surface area contributed by atoms with Gasteiger partial charge in [-0.3, -0.25) is 9.48 Å². The summed E-state index contributed by atoms with van der Waals surface area (Å²) in [5.41, 5.74) is 2.09. The minimum Gasteiger partial charge on any atom is -0.481 e. The Kier molecular flexibility index (Phi) is 4.66. The zero-order valence-corrected chi connectivity index (χ0v) is 13.1. The molecule has 1 heterocycles. The topological polar surface area (TPSA) is 55.1 Å². The lowest BCUT2D eigenvalue weighted by atomic mass is 9.84. The first-order valence-electron chi connectivity index (χ1n) is 6.91. The van der Waals surface area contributed by atoms with Crippen LogP contribution in [0.3, 0.4) is 0 Å². The highest BCUT2D eigenvalue weighted by Crippen LogP contribution is 2.33. The van der Waals surface area contributed by atoms with E-state index < -0.39 is 5.97 Å². The van der Waals surface area contributed by atoms with E-state index in [2.05, 4.69) is 21.0 Å². The maximum atomic E-state index is 11.4. The molecule has 1 aromatic heterocycles. The van der Waals surface area contributed by atoms with Crippen molar-refractivity contribution in [2.75, 3.05) is 0 Å². The zero-order chi connectivity index (χ0) is 14.0. The second-order valence-corrected chi connectivity index (χ2v) is 6.31. The second kappa shape index (κ2) is 6.07. The van der Waals surface area contributed by atoms with Gasteiger partial charge in [0, 0.05) is 7.05 Å². The molecule has 2 atom stereocenters. The number of hydrogen-bond acceptors (Lipinski definition) is 2. The minimum absolute atomic E-state index is 0.204. The Labute approximate surface area is 122 Å². The first kappa shape index (κ1) is 14.6. The molecule has 2 rings (SSSR count). The molecule has 0 saturated heterocycles. The molecule has 19 heavy (non-hydrogen) atoms. The number of hydrogen-bond donors (Lipinski definition) is 1. The van der Waals surface area contributed by atoms with Crippen molar-refractivity contribution >= 4 is 21.9 Å². The van der Waals surface area contributed by atoms with Crippen molar-refractivity contribution < 1.29 is 9.90 Å². The monoisotopic (exact) mass is 328 g/mol. The zero-order valence-electron chi connectivity index (χ0n) is 11.5. The number of halogens is 1. The molecule has 1 aliphatic carbocycles. The fourth-order valence-electron chi connectivity index (χ4n) is 3.10. The lowest BCUT2D eigenvalue weighted by molar-refractivity contribution is -0.143. The molecular weight excluding hydrogens is 308 g/mol. The van der Waals surface area contributed by atoms with Crippen LogP contribution in [0.5, 0.6) is 0 Å². The number of aliphatic carboxylic acids is 1. The Morgan fingerprint density at radius 3 is 2.68 bits per heavy atom. The molecule has 0 aromatic carbocycles. The summed E-state index contributed by atoms with van der Waals surface area (Å²) in [6, 6.07) is 0. The first-order chi connectivity index (χ1) is 9.00. The van der Waals surface area contributed by atoms with Gasteiger partial charge in [0.05, 0.1) is 21.8 Å². The van der Waals surface area contributed by atoms with Crippen LogP contribution < -0.4 is 0 Å². The van der Waals surface area contributed by atoms with Crippen molar-refractivity contribution in [2.24, 2.45) is 18.9 Å². The summed E-state index contributed by atoms with van der Waals surface area (Å²) in [6.45, 7) is 1.97. The summed E-state index contributed by atoms with van der Waals surface area (Å²) in [6.07, 6.45) is 5.96. The van der Waals surface area contributed by atoms with E-state index in [1.807, 2.05) is 18.7 Å². The number of carboxylic acid groups (broad SMARTS) is 1. The Morgan fingerprint density at radius 2 is 2.11 bits per heavy atom. The number of aryl methyl sites for hydroxylation is 2.